The summed E-state index contributed by atoms with van der Waals surface area (Å²) in [7, 11) is 9.87. The summed E-state index contributed by atoms with van der Waals surface area (Å²) in [6, 6.07) is 0. The third-order valence-corrected chi connectivity index (χ3v) is 6.30. The van der Waals surface area contributed by atoms with Gasteiger partial charge in [0, 0.05) is 0 Å². The van der Waals surface area contributed by atoms with Crippen molar-refractivity contribution in [1.29, 1.82) is 0 Å². The molecular weight excluding hydrogens is 450 g/mol. The van der Waals surface area contributed by atoms with Gasteiger partial charge in [0.15, 0.2) is 0 Å². The molecule has 0 aromatic carbocycles. The van der Waals surface area contributed by atoms with Gasteiger partial charge in [0.25, 0.3) is 0 Å². The fraction of sp³-hybridized carbons (Fsp3) is 0.583. The Morgan fingerprint density at radius 2 is 1.52 bits per heavy atom. The van der Waals surface area contributed by atoms with E-state index in [9.17, 15) is 0 Å². The van der Waals surface area contributed by atoms with Gasteiger partial charge < -0.3 is 0 Å². The number of rotatable bonds is 2. The van der Waals surface area contributed by atoms with Gasteiger partial charge in [-0.1, -0.05) is 40.0 Å². The van der Waals surface area contributed by atoms with E-state index in [4.69, 9.17) is 17.0 Å². The second kappa shape index (κ2) is 13.7. The van der Waals surface area contributed by atoms with Crippen LogP contribution in [-0.4, -0.2) is 0 Å². The first-order chi connectivity index (χ1) is 13.1. The minimum absolute atomic E-state index is 0.826. The van der Waals surface area contributed by atoms with Crippen LogP contribution in [0.3, 0.4) is 0 Å². The first kappa shape index (κ1) is 24.7. The third kappa shape index (κ3) is 7.90. The van der Waals surface area contributed by atoms with E-state index in [1.54, 1.807) is 17.8 Å². The van der Waals surface area contributed by atoms with Crippen molar-refractivity contribution in [2.24, 2.45) is 23.7 Å². The SMILES string of the molecule is CC(C)[C@@H]1CC[C@@H](C)C[C@@H]1[C]1[CH][CH][C]2CCCC[C]21.[CH]1[CH][CH][CH][CH]1.[Cl][Zr][Cl]. The molecule has 27 heavy (non-hydrogen) atoms. The first-order valence-electron chi connectivity index (χ1n) is 10.5. The summed E-state index contributed by atoms with van der Waals surface area (Å²) >= 11 is -0.826. The number of hydrogen-bond donors (Lipinski definition) is 0. The Kier molecular flexibility index (Phi) is 12.6. The molecule has 0 bridgehead atoms. The topological polar surface area (TPSA) is 0 Å². The van der Waals surface area contributed by atoms with Crippen LogP contribution in [0, 0.1) is 86.4 Å². The number of fused-ring (bicyclic) bond motifs is 1. The van der Waals surface area contributed by atoms with Crippen LogP contribution in [0.2, 0.25) is 0 Å². The van der Waals surface area contributed by atoms with E-state index < -0.39 is 20.8 Å². The van der Waals surface area contributed by atoms with E-state index in [0.717, 1.165) is 23.7 Å². The van der Waals surface area contributed by atoms with Crippen LogP contribution in [0.15, 0.2) is 0 Å². The van der Waals surface area contributed by atoms with Crippen molar-refractivity contribution in [3.63, 3.8) is 0 Å². The summed E-state index contributed by atoms with van der Waals surface area (Å²) in [6.45, 7) is 7.32. The monoisotopic (exact) mass is 482 g/mol. The third-order valence-electron chi connectivity index (χ3n) is 6.30. The normalized spacial score (nSPS) is 32.3. The van der Waals surface area contributed by atoms with E-state index in [2.05, 4.69) is 33.6 Å². The van der Waals surface area contributed by atoms with Gasteiger partial charge in [0.05, 0.1) is 0 Å². The molecule has 3 atom stereocenters. The Balaban J connectivity index is 0.000000274. The average molecular weight is 485 g/mol. The molecule has 4 saturated carbocycles. The molecule has 0 saturated heterocycles. The van der Waals surface area contributed by atoms with Crippen molar-refractivity contribution < 1.29 is 20.8 Å². The molecule has 4 aliphatic rings. The maximum absolute atomic E-state index is 4.93. The van der Waals surface area contributed by atoms with E-state index in [1.807, 2.05) is 32.1 Å². The molecule has 4 rings (SSSR count). The van der Waals surface area contributed by atoms with E-state index >= 15 is 0 Å². The second-order valence-corrected chi connectivity index (χ2v) is 12.2. The molecule has 0 aliphatic heterocycles. The van der Waals surface area contributed by atoms with Crippen LogP contribution in [-0.2, 0) is 20.8 Å². The summed E-state index contributed by atoms with van der Waals surface area (Å²) in [5.41, 5.74) is 0. The van der Waals surface area contributed by atoms with Gasteiger partial charge in [0.1, 0.15) is 0 Å². The Bertz CT molecular complexity index is 375. The molecular formula is C24H34Cl2Zr. The number of halogens is 2. The molecule has 3 heteroatoms. The van der Waals surface area contributed by atoms with Crippen molar-refractivity contribution in [2.45, 2.75) is 65.7 Å². The van der Waals surface area contributed by atoms with Gasteiger partial charge in [0.2, 0.25) is 0 Å². The molecule has 0 amide bonds. The van der Waals surface area contributed by atoms with Crippen LogP contribution < -0.4 is 0 Å². The van der Waals surface area contributed by atoms with Crippen molar-refractivity contribution >= 4 is 17.0 Å². The summed E-state index contributed by atoms with van der Waals surface area (Å²) < 4.78 is 0. The van der Waals surface area contributed by atoms with E-state index in [-0.39, 0.29) is 0 Å². The predicted molar refractivity (Wildman–Crippen MR) is 115 cm³/mol. The van der Waals surface area contributed by atoms with Gasteiger partial charge in [-0.2, -0.15) is 0 Å². The van der Waals surface area contributed by atoms with E-state index in [1.165, 1.54) is 44.9 Å². The van der Waals surface area contributed by atoms with Crippen LogP contribution in [0.25, 0.3) is 0 Å². The molecule has 4 fully saturated rings. The molecule has 4 aliphatic carbocycles. The molecule has 0 unspecified atom stereocenters. The molecule has 10 radical (unpaired) electrons. The zero-order valence-electron chi connectivity index (χ0n) is 17.1. The molecule has 148 valence electrons. The Labute approximate surface area is 189 Å². The van der Waals surface area contributed by atoms with Gasteiger partial charge in [-0.05, 0) is 112 Å². The molecule has 0 N–H and O–H groups in total. The zero-order chi connectivity index (χ0) is 19.6. The summed E-state index contributed by atoms with van der Waals surface area (Å²) in [5.74, 6) is 8.73. The number of hydrogen-bond acceptors (Lipinski definition) is 0. The summed E-state index contributed by atoms with van der Waals surface area (Å²) in [6.07, 6.45) is 24.8. The summed E-state index contributed by atoms with van der Waals surface area (Å²) in [4.78, 5) is 0. The van der Waals surface area contributed by atoms with Crippen LogP contribution in [0.1, 0.15) is 65.7 Å². The fourth-order valence-electron chi connectivity index (χ4n) is 4.96. The van der Waals surface area contributed by atoms with Gasteiger partial charge in [-0.15, -0.1) is 0 Å². The quantitative estimate of drug-likeness (QED) is 0.375. The molecule has 0 nitrogen and oxygen atoms in total. The van der Waals surface area contributed by atoms with Gasteiger partial charge in [-0.25, -0.2) is 0 Å². The molecule has 0 aromatic rings. The fourth-order valence-corrected chi connectivity index (χ4v) is 4.96. The van der Waals surface area contributed by atoms with Crippen molar-refractivity contribution in [2.75, 3.05) is 0 Å². The van der Waals surface area contributed by atoms with Gasteiger partial charge >= 0.3 is 37.9 Å². The molecule has 0 heterocycles. The van der Waals surface area contributed by atoms with Crippen LogP contribution >= 0.6 is 17.0 Å². The Morgan fingerprint density at radius 1 is 0.926 bits per heavy atom. The van der Waals surface area contributed by atoms with Crippen LogP contribution in [0.5, 0.6) is 0 Å². The van der Waals surface area contributed by atoms with Gasteiger partial charge in [-0.3, -0.25) is 0 Å². The van der Waals surface area contributed by atoms with E-state index in [0.29, 0.717) is 0 Å². The molecule has 0 aromatic heterocycles. The first-order valence-corrected chi connectivity index (χ1v) is 16.8. The predicted octanol–water partition coefficient (Wildman–Crippen LogP) is 7.81. The zero-order valence-corrected chi connectivity index (χ0v) is 21.0. The maximum atomic E-state index is 4.93. The molecule has 0 spiro atoms. The van der Waals surface area contributed by atoms with Crippen molar-refractivity contribution in [3.05, 3.63) is 62.7 Å². The summed E-state index contributed by atoms with van der Waals surface area (Å²) in [5, 5.41) is 0. The Morgan fingerprint density at radius 3 is 2.11 bits per heavy atom. The van der Waals surface area contributed by atoms with Crippen molar-refractivity contribution in [1.82, 2.24) is 0 Å². The standard InChI is InChI=1S/C19H29.C5H5.2ClH.Zr/c1-13(2)16-10-8-14(3)12-19(16)18-11-9-15-6-4-5-7-17(15)18;1-2-4-5-3-1;;;/h9,11,13-14,16,19H,4-8,10,12H2,1-3H3;1-5H;2*1H;/q;;;;+2/p-2/t14-,16+,19+;;;;/m1..../s1. The van der Waals surface area contributed by atoms with Crippen LogP contribution in [0.4, 0.5) is 0 Å². The minimum atomic E-state index is -0.826. The average Bonchev–Trinajstić information content (AvgIpc) is 3.35. The second-order valence-electron chi connectivity index (χ2n) is 8.47. The van der Waals surface area contributed by atoms with Crippen molar-refractivity contribution in [3.8, 4) is 0 Å². The Hall–Kier alpha value is 1.46.